The van der Waals surface area contributed by atoms with Gasteiger partial charge in [-0.15, -0.1) is 0 Å². The molecule has 0 aromatic heterocycles. The summed E-state index contributed by atoms with van der Waals surface area (Å²) in [5, 5.41) is 0. The highest BCUT2D eigenvalue weighted by atomic mass is 19.2. The summed E-state index contributed by atoms with van der Waals surface area (Å²) >= 11 is 0. The van der Waals surface area contributed by atoms with E-state index in [2.05, 4.69) is 0 Å². The van der Waals surface area contributed by atoms with Crippen molar-refractivity contribution < 1.29 is 26.3 Å². The van der Waals surface area contributed by atoms with Crippen molar-refractivity contribution in [3.8, 4) is 11.3 Å². The first-order chi connectivity index (χ1) is 6.95. The SMILES string of the molecule is Fc1[nH]c2c(F)c(F)c(F)c-2c(F)c1F. The van der Waals surface area contributed by atoms with Gasteiger partial charge in [0.15, 0.2) is 23.3 Å². The molecule has 0 unspecified atom stereocenters. The fourth-order valence-electron chi connectivity index (χ4n) is 1.23. The standard InChI is InChI=1S/C8HF6N/c9-2-1-3(10)6(13)8(14)15-7(1)5(12)4(2)11/h15H. The van der Waals surface area contributed by atoms with Crippen LogP contribution in [0.2, 0.25) is 0 Å². The first kappa shape index (κ1) is 9.88. The lowest BCUT2D eigenvalue weighted by molar-refractivity contribution is 0.424. The van der Waals surface area contributed by atoms with Crippen LogP contribution in [-0.4, -0.2) is 4.98 Å². The Morgan fingerprint density at radius 3 is 1.73 bits per heavy atom. The summed E-state index contributed by atoms with van der Waals surface area (Å²) in [6.07, 6.45) is 0. The van der Waals surface area contributed by atoms with Crippen molar-refractivity contribution in [2.75, 3.05) is 0 Å². The van der Waals surface area contributed by atoms with E-state index < -0.39 is 46.3 Å². The van der Waals surface area contributed by atoms with Crippen LogP contribution in [0.15, 0.2) is 0 Å². The summed E-state index contributed by atoms with van der Waals surface area (Å²) in [6.45, 7) is 0. The maximum absolute atomic E-state index is 12.9. The molecule has 0 bridgehead atoms. The summed E-state index contributed by atoms with van der Waals surface area (Å²) in [4.78, 5) is 1.39. The van der Waals surface area contributed by atoms with Gasteiger partial charge < -0.3 is 4.98 Å². The smallest absolute Gasteiger partial charge is 0.230 e. The van der Waals surface area contributed by atoms with Crippen LogP contribution in [0.5, 0.6) is 0 Å². The van der Waals surface area contributed by atoms with Gasteiger partial charge in [-0.25, -0.2) is 17.6 Å². The van der Waals surface area contributed by atoms with Crippen molar-refractivity contribution in [2.45, 2.75) is 0 Å². The minimum absolute atomic E-state index is 1.08. The van der Waals surface area contributed by atoms with Gasteiger partial charge in [-0.1, -0.05) is 0 Å². The van der Waals surface area contributed by atoms with Crippen molar-refractivity contribution in [3.63, 3.8) is 0 Å². The van der Waals surface area contributed by atoms with Crippen LogP contribution in [0.3, 0.4) is 0 Å². The quantitative estimate of drug-likeness (QED) is 0.524. The number of aromatic amines is 1. The van der Waals surface area contributed by atoms with Gasteiger partial charge in [-0.2, -0.15) is 8.78 Å². The zero-order chi connectivity index (χ0) is 11.3. The topological polar surface area (TPSA) is 15.8 Å². The molecule has 0 fully saturated rings. The minimum Gasteiger partial charge on any atom is -0.326 e. The van der Waals surface area contributed by atoms with E-state index in [0.717, 1.165) is 0 Å². The molecule has 15 heavy (non-hydrogen) atoms. The molecule has 1 heterocycles. The van der Waals surface area contributed by atoms with Crippen LogP contribution in [-0.2, 0) is 0 Å². The number of halogens is 6. The van der Waals surface area contributed by atoms with Crippen molar-refractivity contribution in [1.82, 2.24) is 4.98 Å². The minimum atomic E-state index is -2.02. The Morgan fingerprint density at radius 1 is 0.600 bits per heavy atom. The molecule has 0 saturated heterocycles. The van der Waals surface area contributed by atoms with Crippen LogP contribution < -0.4 is 0 Å². The van der Waals surface area contributed by atoms with Crippen molar-refractivity contribution in [1.29, 1.82) is 0 Å². The fourth-order valence-corrected chi connectivity index (χ4v) is 1.23. The van der Waals surface area contributed by atoms with Crippen LogP contribution in [0.4, 0.5) is 26.3 Å². The molecule has 80 valence electrons. The summed E-state index contributed by atoms with van der Waals surface area (Å²) in [7, 11) is 0. The molecule has 2 rings (SSSR count). The Morgan fingerprint density at radius 2 is 1.13 bits per heavy atom. The molecular weight excluding hydrogens is 224 g/mol. The van der Waals surface area contributed by atoms with Crippen molar-refractivity contribution in [2.24, 2.45) is 0 Å². The highest BCUT2D eigenvalue weighted by molar-refractivity contribution is 5.65. The number of hydrogen-bond donors (Lipinski definition) is 1. The largest absolute Gasteiger partial charge is 0.326 e. The number of hydrogen-bond acceptors (Lipinski definition) is 0. The summed E-state index contributed by atoms with van der Waals surface area (Å²) in [5.41, 5.74) is -2.36. The van der Waals surface area contributed by atoms with Crippen LogP contribution in [0.1, 0.15) is 0 Å². The zero-order valence-corrected chi connectivity index (χ0v) is 6.77. The van der Waals surface area contributed by atoms with Crippen LogP contribution in [0.25, 0.3) is 11.3 Å². The van der Waals surface area contributed by atoms with Gasteiger partial charge in [-0.05, 0) is 0 Å². The molecule has 0 saturated carbocycles. The molecule has 0 aromatic carbocycles. The lowest BCUT2D eigenvalue weighted by atomic mass is 10.2. The Balaban J connectivity index is 2.97. The van der Waals surface area contributed by atoms with Gasteiger partial charge in [0.1, 0.15) is 0 Å². The fraction of sp³-hybridized carbons (Fsp3) is 0. The summed E-state index contributed by atoms with van der Waals surface area (Å²) < 4.78 is 76.3. The van der Waals surface area contributed by atoms with E-state index in [-0.39, 0.29) is 0 Å². The lowest BCUT2D eigenvalue weighted by Crippen LogP contribution is -2.00. The van der Waals surface area contributed by atoms with Crippen LogP contribution >= 0.6 is 0 Å². The van der Waals surface area contributed by atoms with Crippen molar-refractivity contribution in [3.05, 3.63) is 35.0 Å². The summed E-state index contributed by atoms with van der Waals surface area (Å²) in [5.74, 6) is -11.5. The maximum Gasteiger partial charge on any atom is 0.230 e. The molecule has 1 N–H and O–H groups in total. The molecule has 0 aromatic rings. The number of rotatable bonds is 0. The van der Waals surface area contributed by atoms with Gasteiger partial charge in [0.05, 0.1) is 11.3 Å². The molecule has 0 spiro atoms. The molecule has 0 atom stereocenters. The Bertz CT molecular complexity index is 517. The highest BCUT2D eigenvalue weighted by Crippen LogP contribution is 2.35. The van der Waals surface area contributed by atoms with E-state index in [1.54, 1.807) is 0 Å². The third-order valence-corrected chi connectivity index (χ3v) is 1.91. The second kappa shape index (κ2) is 2.91. The van der Waals surface area contributed by atoms with E-state index in [1.165, 1.54) is 4.98 Å². The second-order valence-electron chi connectivity index (χ2n) is 2.76. The maximum atomic E-state index is 12.9. The van der Waals surface area contributed by atoms with Gasteiger partial charge in [0.2, 0.25) is 11.8 Å². The molecule has 0 amide bonds. The Labute approximate surface area is 78.7 Å². The Kier molecular flexibility index (Phi) is 1.92. The van der Waals surface area contributed by atoms with E-state index in [1.807, 2.05) is 0 Å². The normalized spacial score (nSPS) is 11.3. The average Bonchev–Trinajstić information content (AvgIpc) is 2.40. The number of nitrogens with one attached hydrogen (secondary N) is 1. The van der Waals surface area contributed by atoms with E-state index in [9.17, 15) is 26.3 Å². The predicted octanol–water partition coefficient (Wildman–Crippen LogP) is 2.95. The number of pyridine rings is 1. The third kappa shape index (κ3) is 1.12. The molecule has 1 nitrogen and oxygen atoms in total. The second-order valence-corrected chi connectivity index (χ2v) is 2.76. The number of fused-ring (bicyclic) bond motifs is 1. The first-order valence-corrected chi connectivity index (χ1v) is 3.63. The molecular formula is C8HF6N. The molecule has 7 heteroatoms. The van der Waals surface area contributed by atoms with E-state index in [0.29, 0.717) is 0 Å². The van der Waals surface area contributed by atoms with Gasteiger partial charge in [0, 0.05) is 0 Å². The Hall–Kier alpha value is -1.66. The molecule has 1 aliphatic carbocycles. The highest BCUT2D eigenvalue weighted by Gasteiger charge is 2.31. The number of aromatic nitrogens is 1. The average molecular weight is 225 g/mol. The van der Waals surface area contributed by atoms with Gasteiger partial charge in [-0.3, -0.25) is 0 Å². The van der Waals surface area contributed by atoms with E-state index >= 15 is 0 Å². The molecule has 0 radical (unpaired) electrons. The first-order valence-electron chi connectivity index (χ1n) is 3.63. The van der Waals surface area contributed by atoms with Gasteiger partial charge >= 0.3 is 0 Å². The lowest BCUT2D eigenvalue weighted by Gasteiger charge is -2.03. The number of H-pyrrole nitrogens is 1. The monoisotopic (exact) mass is 225 g/mol. The van der Waals surface area contributed by atoms with Crippen molar-refractivity contribution >= 4 is 0 Å². The predicted molar refractivity (Wildman–Crippen MR) is 37.2 cm³/mol. The molecule has 2 aliphatic rings. The summed E-state index contributed by atoms with van der Waals surface area (Å²) in [6, 6.07) is 0. The van der Waals surface area contributed by atoms with E-state index in [4.69, 9.17) is 0 Å². The van der Waals surface area contributed by atoms with Crippen LogP contribution in [0, 0.1) is 35.0 Å². The zero-order valence-electron chi connectivity index (χ0n) is 6.77. The molecule has 1 aliphatic heterocycles. The van der Waals surface area contributed by atoms with Gasteiger partial charge in [0.25, 0.3) is 0 Å². The third-order valence-electron chi connectivity index (χ3n) is 1.91.